The van der Waals surface area contributed by atoms with Crippen LogP contribution >= 0.6 is 11.8 Å². The van der Waals surface area contributed by atoms with Crippen LogP contribution in [0.2, 0.25) is 0 Å². The monoisotopic (exact) mass is 348 g/mol. The maximum atomic E-state index is 12.6. The average Bonchev–Trinajstić information content (AvgIpc) is 3.00. The van der Waals surface area contributed by atoms with Crippen molar-refractivity contribution in [3.05, 3.63) is 35.4 Å². The second-order valence-corrected chi connectivity index (χ2v) is 8.59. The van der Waals surface area contributed by atoms with Gasteiger partial charge in [0.2, 0.25) is 0 Å². The summed E-state index contributed by atoms with van der Waals surface area (Å²) < 4.78 is 0. The molecule has 24 heavy (non-hydrogen) atoms. The Labute approximate surface area is 149 Å². The third-order valence-electron chi connectivity index (χ3n) is 4.15. The van der Waals surface area contributed by atoms with Gasteiger partial charge in [-0.1, -0.05) is 20.8 Å². The first-order valence-corrected chi connectivity index (χ1v) is 9.86. The van der Waals surface area contributed by atoms with Gasteiger partial charge >= 0.3 is 0 Å². The highest BCUT2D eigenvalue weighted by molar-refractivity contribution is 7.98. The quantitative estimate of drug-likeness (QED) is 0.888. The average molecular weight is 349 g/mol. The van der Waals surface area contributed by atoms with Gasteiger partial charge in [-0.15, -0.1) is 0 Å². The van der Waals surface area contributed by atoms with Crippen LogP contribution < -0.4 is 5.32 Å². The molecule has 1 N–H and O–H groups in total. The summed E-state index contributed by atoms with van der Waals surface area (Å²) in [5.41, 5.74) is 1.30. The third kappa shape index (κ3) is 5.26. The molecule has 0 radical (unpaired) electrons. The van der Waals surface area contributed by atoms with Crippen LogP contribution in [-0.2, 0) is 0 Å². The number of amides is 2. The summed E-state index contributed by atoms with van der Waals surface area (Å²) in [6.07, 6.45) is 3.19. The SMILES string of the molecule is CSC[C@H]1CCN(C(=O)c2ccc(C(=O)NCC(C)(C)C)cc2)C1. The highest BCUT2D eigenvalue weighted by Crippen LogP contribution is 2.21. The van der Waals surface area contributed by atoms with Gasteiger partial charge in [-0.05, 0) is 54.0 Å². The predicted octanol–water partition coefficient (Wildman–Crippen LogP) is 3.29. The van der Waals surface area contributed by atoms with E-state index < -0.39 is 0 Å². The number of nitrogens with one attached hydrogen (secondary N) is 1. The minimum atomic E-state index is -0.0925. The number of thioether (sulfide) groups is 1. The summed E-state index contributed by atoms with van der Waals surface area (Å²) in [6, 6.07) is 6.99. The zero-order chi connectivity index (χ0) is 17.7. The van der Waals surface area contributed by atoms with Crippen molar-refractivity contribution in [3.63, 3.8) is 0 Å². The number of rotatable bonds is 5. The molecule has 0 aliphatic carbocycles. The highest BCUT2D eigenvalue weighted by Gasteiger charge is 2.26. The van der Waals surface area contributed by atoms with Crippen molar-refractivity contribution in [2.75, 3.05) is 31.6 Å². The summed E-state index contributed by atoms with van der Waals surface area (Å²) in [7, 11) is 0. The van der Waals surface area contributed by atoms with Crippen LogP contribution in [0.5, 0.6) is 0 Å². The molecule has 2 amide bonds. The number of hydrogen-bond donors (Lipinski definition) is 1. The van der Waals surface area contributed by atoms with Crippen LogP contribution in [-0.4, -0.2) is 48.4 Å². The zero-order valence-corrected chi connectivity index (χ0v) is 15.9. The van der Waals surface area contributed by atoms with Gasteiger partial charge < -0.3 is 10.2 Å². The highest BCUT2D eigenvalue weighted by atomic mass is 32.2. The molecule has 1 atom stereocenters. The fourth-order valence-corrected chi connectivity index (χ4v) is 3.53. The number of benzene rings is 1. The largest absolute Gasteiger partial charge is 0.352 e. The van der Waals surface area contributed by atoms with Gasteiger partial charge in [-0.2, -0.15) is 11.8 Å². The Bertz CT molecular complexity index is 578. The molecule has 0 aromatic heterocycles. The Morgan fingerprint density at radius 2 is 1.83 bits per heavy atom. The standard InChI is InChI=1S/C19H28N2O2S/c1-19(2,3)13-20-17(22)15-5-7-16(8-6-15)18(23)21-10-9-14(11-21)12-24-4/h5-8,14H,9-13H2,1-4H3,(H,20,22)/t14-/m0/s1. The van der Waals surface area contributed by atoms with Crippen LogP contribution in [0, 0.1) is 11.3 Å². The van der Waals surface area contributed by atoms with E-state index >= 15 is 0 Å². The molecule has 1 aromatic carbocycles. The Balaban J connectivity index is 1.94. The Morgan fingerprint density at radius 3 is 2.42 bits per heavy atom. The topological polar surface area (TPSA) is 49.4 Å². The van der Waals surface area contributed by atoms with E-state index in [2.05, 4.69) is 32.3 Å². The summed E-state index contributed by atoms with van der Waals surface area (Å²) in [5.74, 6) is 1.69. The first-order chi connectivity index (χ1) is 11.3. The molecule has 1 saturated heterocycles. The summed E-state index contributed by atoms with van der Waals surface area (Å²) >= 11 is 1.84. The molecule has 4 nitrogen and oxygen atoms in total. The summed E-state index contributed by atoms with van der Waals surface area (Å²) in [6.45, 7) is 8.53. The lowest BCUT2D eigenvalue weighted by Gasteiger charge is -2.19. The molecule has 132 valence electrons. The maximum absolute atomic E-state index is 12.6. The van der Waals surface area contributed by atoms with Crippen molar-refractivity contribution in [1.29, 1.82) is 0 Å². The number of nitrogens with zero attached hydrogens (tertiary/aromatic N) is 1. The Kier molecular flexibility index (Phi) is 6.33. The summed E-state index contributed by atoms with van der Waals surface area (Å²) in [4.78, 5) is 26.6. The van der Waals surface area contributed by atoms with E-state index in [1.807, 2.05) is 16.7 Å². The van der Waals surface area contributed by atoms with Crippen molar-refractivity contribution < 1.29 is 9.59 Å². The molecule has 0 saturated carbocycles. The molecule has 2 rings (SSSR count). The molecular formula is C19H28N2O2S. The number of likely N-dealkylation sites (tertiary alicyclic amines) is 1. The molecule has 5 heteroatoms. The van der Waals surface area contributed by atoms with Gasteiger partial charge in [0.25, 0.3) is 11.8 Å². The molecule has 0 spiro atoms. The predicted molar refractivity (Wildman–Crippen MR) is 101 cm³/mol. The molecule has 1 heterocycles. The first-order valence-electron chi connectivity index (χ1n) is 8.46. The van der Waals surface area contributed by atoms with Gasteiger partial charge in [0, 0.05) is 30.8 Å². The number of carbonyl (C=O) groups excluding carboxylic acids is 2. The lowest BCUT2D eigenvalue weighted by molar-refractivity contribution is 0.0787. The van der Waals surface area contributed by atoms with Crippen molar-refractivity contribution in [2.24, 2.45) is 11.3 Å². The van der Waals surface area contributed by atoms with E-state index in [1.54, 1.807) is 24.3 Å². The van der Waals surface area contributed by atoms with Crippen molar-refractivity contribution in [1.82, 2.24) is 10.2 Å². The van der Waals surface area contributed by atoms with E-state index in [0.29, 0.717) is 23.6 Å². The second-order valence-electron chi connectivity index (χ2n) is 7.68. The maximum Gasteiger partial charge on any atom is 0.253 e. The molecule has 1 aliphatic rings. The first kappa shape index (κ1) is 18.8. The Morgan fingerprint density at radius 1 is 1.21 bits per heavy atom. The van der Waals surface area contributed by atoms with Crippen molar-refractivity contribution in [2.45, 2.75) is 27.2 Å². The van der Waals surface area contributed by atoms with Crippen LogP contribution in [0.3, 0.4) is 0 Å². The summed E-state index contributed by atoms with van der Waals surface area (Å²) in [5, 5.41) is 2.93. The molecular weight excluding hydrogens is 320 g/mol. The lowest BCUT2D eigenvalue weighted by atomic mass is 9.97. The lowest BCUT2D eigenvalue weighted by Crippen LogP contribution is -2.32. The third-order valence-corrected chi connectivity index (χ3v) is 4.95. The van der Waals surface area contributed by atoms with Gasteiger partial charge in [-0.25, -0.2) is 0 Å². The van der Waals surface area contributed by atoms with Gasteiger partial charge in [0.05, 0.1) is 0 Å². The normalized spacial score (nSPS) is 17.8. The van der Waals surface area contributed by atoms with Gasteiger partial charge in [0.1, 0.15) is 0 Å². The van der Waals surface area contributed by atoms with Crippen molar-refractivity contribution >= 4 is 23.6 Å². The van der Waals surface area contributed by atoms with Gasteiger partial charge in [-0.3, -0.25) is 9.59 Å². The van der Waals surface area contributed by atoms with E-state index in [-0.39, 0.29) is 17.2 Å². The van der Waals surface area contributed by atoms with Gasteiger partial charge in [0.15, 0.2) is 0 Å². The molecule has 0 bridgehead atoms. The fourth-order valence-electron chi connectivity index (χ4n) is 2.78. The van der Waals surface area contributed by atoms with E-state index in [0.717, 1.165) is 25.3 Å². The van der Waals surface area contributed by atoms with Crippen LogP contribution in [0.4, 0.5) is 0 Å². The van der Waals surface area contributed by atoms with E-state index in [9.17, 15) is 9.59 Å². The minimum Gasteiger partial charge on any atom is -0.352 e. The van der Waals surface area contributed by atoms with Crippen LogP contribution in [0.25, 0.3) is 0 Å². The van der Waals surface area contributed by atoms with Crippen LogP contribution in [0.1, 0.15) is 47.9 Å². The zero-order valence-electron chi connectivity index (χ0n) is 15.1. The smallest absolute Gasteiger partial charge is 0.253 e. The van der Waals surface area contributed by atoms with Crippen LogP contribution in [0.15, 0.2) is 24.3 Å². The molecule has 1 aliphatic heterocycles. The molecule has 1 fully saturated rings. The Hall–Kier alpha value is -1.49. The fraction of sp³-hybridized carbons (Fsp3) is 0.579. The number of carbonyl (C=O) groups is 2. The second kappa shape index (κ2) is 8.06. The molecule has 1 aromatic rings. The molecule has 0 unspecified atom stereocenters. The van der Waals surface area contributed by atoms with Crippen molar-refractivity contribution in [3.8, 4) is 0 Å². The van der Waals surface area contributed by atoms with E-state index in [4.69, 9.17) is 0 Å². The number of hydrogen-bond acceptors (Lipinski definition) is 3. The van der Waals surface area contributed by atoms with E-state index in [1.165, 1.54) is 0 Å². The minimum absolute atomic E-state index is 0.0502.